The summed E-state index contributed by atoms with van der Waals surface area (Å²) in [6, 6.07) is 10.0. The topological polar surface area (TPSA) is 53.2 Å². The Balaban J connectivity index is 1.77. The molecule has 1 aromatic carbocycles. The van der Waals surface area contributed by atoms with Crippen LogP contribution in [0.2, 0.25) is 5.02 Å². The van der Waals surface area contributed by atoms with Gasteiger partial charge in [0.2, 0.25) is 0 Å². The first kappa shape index (κ1) is 17.7. The molecular formula is C22H22ClN3O. The molecule has 1 aliphatic heterocycles. The summed E-state index contributed by atoms with van der Waals surface area (Å²) < 4.78 is 6.02. The Labute approximate surface area is 163 Å². The van der Waals surface area contributed by atoms with Gasteiger partial charge in [0, 0.05) is 33.4 Å². The quantitative estimate of drug-likeness (QED) is 0.580. The van der Waals surface area contributed by atoms with Gasteiger partial charge in [0.15, 0.2) is 0 Å². The second-order valence-electron chi connectivity index (χ2n) is 7.17. The first-order chi connectivity index (χ1) is 12.9. The van der Waals surface area contributed by atoms with Gasteiger partial charge in [-0.1, -0.05) is 17.7 Å². The number of ether oxygens (including phenoxy) is 1. The van der Waals surface area contributed by atoms with Gasteiger partial charge in [-0.2, -0.15) is 0 Å². The lowest BCUT2D eigenvalue weighted by molar-refractivity contribution is 0.155. The Kier molecular flexibility index (Phi) is 4.44. The van der Waals surface area contributed by atoms with E-state index in [9.17, 15) is 0 Å². The van der Waals surface area contributed by atoms with E-state index in [1.54, 1.807) is 0 Å². The lowest BCUT2D eigenvalue weighted by Gasteiger charge is -2.11. The number of aromatic amines is 2. The Morgan fingerprint density at radius 1 is 1.11 bits per heavy atom. The second-order valence-corrected chi connectivity index (χ2v) is 7.60. The highest BCUT2D eigenvalue weighted by atomic mass is 35.5. The third kappa shape index (κ3) is 3.58. The zero-order valence-electron chi connectivity index (χ0n) is 15.9. The van der Waals surface area contributed by atoms with E-state index in [0.29, 0.717) is 5.02 Å². The summed E-state index contributed by atoms with van der Waals surface area (Å²) in [6.07, 6.45) is 4.11. The van der Waals surface area contributed by atoms with Gasteiger partial charge in [-0.3, -0.25) is 0 Å². The number of rotatable bonds is 4. The number of fused-ring (bicyclic) bond motifs is 1. The van der Waals surface area contributed by atoms with Crippen molar-refractivity contribution in [3.63, 3.8) is 0 Å². The predicted molar refractivity (Wildman–Crippen MR) is 112 cm³/mol. The molecule has 2 aromatic heterocycles. The summed E-state index contributed by atoms with van der Waals surface area (Å²) in [7, 11) is 0. The van der Waals surface area contributed by atoms with Crippen LogP contribution in [-0.2, 0) is 4.74 Å². The molecule has 1 aliphatic rings. The summed E-state index contributed by atoms with van der Waals surface area (Å²) >= 11 is 6.10. The maximum absolute atomic E-state index is 6.10. The highest BCUT2D eigenvalue weighted by Crippen LogP contribution is 2.29. The van der Waals surface area contributed by atoms with Crippen LogP contribution in [0.4, 0.5) is 0 Å². The van der Waals surface area contributed by atoms with Crippen LogP contribution in [0.3, 0.4) is 0 Å². The fourth-order valence-electron chi connectivity index (χ4n) is 3.28. The van der Waals surface area contributed by atoms with E-state index in [-0.39, 0.29) is 6.10 Å². The smallest absolute Gasteiger partial charge is 0.147 e. The highest BCUT2D eigenvalue weighted by Gasteiger charge is 2.20. The first-order valence-corrected chi connectivity index (χ1v) is 9.41. The van der Waals surface area contributed by atoms with Crippen molar-refractivity contribution in [3.05, 3.63) is 75.5 Å². The highest BCUT2D eigenvalue weighted by molar-refractivity contribution is 6.31. The molecule has 0 fully saturated rings. The standard InChI is InChI=1S/C22H22ClN3O/c1-12(2)27-22-11-20(19-8-15-5-6-16(23)9-18(15)25-19)26-21(22)10-17-13(3)7-14(4)24-17/h5-12,24-25H,1-4H3/b21-10-. The molecule has 27 heavy (non-hydrogen) atoms. The van der Waals surface area contributed by atoms with Gasteiger partial charge in [0.1, 0.15) is 11.5 Å². The van der Waals surface area contributed by atoms with Crippen molar-refractivity contribution in [2.75, 3.05) is 0 Å². The van der Waals surface area contributed by atoms with E-state index >= 15 is 0 Å². The van der Waals surface area contributed by atoms with Crippen LogP contribution < -0.4 is 0 Å². The molecule has 2 N–H and O–H groups in total. The number of nitrogens with zero attached hydrogens (tertiary/aromatic N) is 1. The Hall–Kier alpha value is -2.72. The molecule has 0 spiro atoms. The van der Waals surface area contributed by atoms with Crippen LogP contribution in [0.1, 0.15) is 36.5 Å². The monoisotopic (exact) mass is 379 g/mol. The maximum atomic E-state index is 6.10. The minimum atomic E-state index is 0.0715. The summed E-state index contributed by atoms with van der Waals surface area (Å²) in [4.78, 5) is 11.6. The number of aliphatic imine (C=N–C) groups is 1. The van der Waals surface area contributed by atoms with Crippen molar-refractivity contribution in [1.82, 2.24) is 9.97 Å². The number of allylic oxidation sites excluding steroid dienone is 1. The van der Waals surface area contributed by atoms with Gasteiger partial charge in [-0.15, -0.1) is 0 Å². The van der Waals surface area contributed by atoms with Crippen LogP contribution in [-0.4, -0.2) is 21.8 Å². The van der Waals surface area contributed by atoms with Crippen LogP contribution in [0.5, 0.6) is 0 Å². The van der Waals surface area contributed by atoms with E-state index in [1.807, 2.05) is 44.2 Å². The molecule has 0 aliphatic carbocycles. The largest absolute Gasteiger partial charge is 0.489 e. The Bertz CT molecular complexity index is 1110. The summed E-state index contributed by atoms with van der Waals surface area (Å²) in [5.41, 5.74) is 6.98. The van der Waals surface area contributed by atoms with E-state index in [1.165, 1.54) is 5.56 Å². The number of hydrogen-bond donors (Lipinski definition) is 2. The lowest BCUT2D eigenvalue weighted by Crippen LogP contribution is -2.02. The molecule has 0 atom stereocenters. The zero-order valence-corrected chi connectivity index (χ0v) is 16.6. The molecule has 0 saturated heterocycles. The average Bonchev–Trinajstić information content (AvgIpc) is 3.25. The third-order valence-corrected chi connectivity index (χ3v) is 4.69. The van der Waals surface area contributed by atoms with Gasteiger partial charge >= 0.3 is 0 Å². The minimum Gasteiger partial charge on any atom is -0.489 e. The number of nitrogens with one attached hydrogen (secondary N) is 2. The fourth-order valence-corrected chi connectivity index (χ4v) is 3.45. The molecule has 0 amide bonds. The molecule has 4 nitrogen and oxygen atoms in total. The molecule has 0 saturated carbocycles. The second kappa shape index (κ2) is 6.78. The van der Waals surface area contributed by atoms with Crippen LogP contribution >= 0.6 is 11.6 Å². The fraction of sp³-hybridized carbons (Fsp3) is 0.227. The van der Waals surface area contributed by atoms with E-state index in [2.05, 4.69) is 35.9 Å². The predicted octanol–water partition coefficient (Wildman–Crippen LogP) is 5.92. The van der Waals surface area contributed by atoms with Gasteiger partial charge < -0.3 is 14.7 Å². The number of halogens is 1. The molecule has 3 heterocycles. The van der Waals surface area contributed by atoms with Crippen molar-refractivity contribution in [1.29, 1.82) is 0 Å². The molecule has 0 radical (unpaired) electrons. The number of aromatic nitrogens is 2. The summed E-state index contributed by atoms with van der Waals surface area (Å²) in [6.45, 7) is 8.18. The zero-order chi connectivity index (χ0) is 19.1. The minimum absolute atomic E-state index is 0.0715. The molecule has 5 heteroatoms. The van der Waals surface area contributed by atoms with Crippen LogP contribution in [0, 0.1) is 13.8 Å². The molecule has 3 aromatic rings. The third-order valence-electron chi connectivity index (χ3n) is 4.46. The van der Waals surface area contributed by atoms with Crippen molar-refractivity contribution in [2.45, 2.75) is 33.8 Å². The molecular weight excluding hydrogens is 358 g/mol. The van der Waals surface area contributed by atoms with Crippen molar-refractivity contribution in [3.8, 4) is 0 Å². The number of aryl methyl sites for hydroxylation is 2. The summed E-state index contributed by atoms with van der Waals surface area (Å²) in [5.74, 6) is 0.781. The maximum Gasteiger partial charge on any atom is 0.147 e. The van der Waals surface area contributed by atoms with E-state index < -0.39 is 0 Å². The van der Waals surface area contributed by atoms with Gasteiger partial charge in [0.25, 0.3) is 0 Å². The van der Waals surface area contributed by atoms with Crippen LogP contribution in [0.15, 0.2) is 52.9 Å². The normalized spacial score (nSPS) is 15.7. The molecule has 0 unspecified atom stereocenters. The molecule has 138 valence electrons. The van der Waals surface area contributed by atoms with E-state index in [0.717, 1.165) is 45.2 Å². The summed E-state index contributed by atoms with van der Waals surface area (Å²) in [5, 5.41) is 1.81. The van der Waals surface area contributed by atoms with Crippen molar-refractivity contribution >= 4 is 34.3 Å². The lowest BCUT2D eigenvalue weighted by atomic mass is 10.2. The Morgan fingerprint density at radius 3 is 2.63 bits per heavy atom. The van der Waals surface area contributed by atoms with E-state index in [4.69, 9.17) is 21.3 Å². The first-order valence-electron chi connectivity index (χ1n) is 9.03. The van der Waals surface area contributed by atoms with Gasteiger partial charge in [-0.05, 0) is 63.6 Å². The Morgan fingerprint density at radius 2 is 1.93 bits per heavy atom. The van der Waals surface area contributed by atoms with Crippen molar-refractivity contribution < 1.29 is 4.74 Å². The van der Waals surface area contributed by atoms with Gasteiger partial charge in [-0.25, -0.2) is 4.99 Å². The molecule has 4 rings (SSSR count). The number of benzene rings is 1. The molecule has 0 bridgehead atoms. The van der Waals surface area contributed by atoms with Crippen LogP contribution in [0.25, 0.3) is 17.0 Å². The number of hydrogen-bond acceptors (Lipinski definition) is 2. The number of H-pyrrole nitrogens is 2. The van der Waals surface area contributed by atoms with Gasteiger partial charge in [0.05, 0.1) is 17.5 Å². The SMILES string of the molecule is Cc1cc(C)c(/C=C2\N=C(c3cc4ccc(Cl)cc4[nH]3)C=C2OC(C)C)[nH]1. The average molecular weight is 380 g/mol. The van der Waals surface area contributed by atoms with Crippen molar-refractivity contribution in [2.24, 2.45) is 4.99 Å².